The van der Waals surface area contributed by atoms with Crippen LogP contribution in [0.5, 0.6) is 0 Å². The molecule has 1 aromatic rings. The van der Waals surface area contributed by atoms with Crippen LogP contribution >= 0.6 is 0 Å². The maximum atomic E-state index is 4.72. The van der Waals surface area contributed by atoms with Crippen molar-refractivity contribution in [3.8, 4) is 0 Å². The Morgan fingerprint density at radius 1 is 1.25 bits per heavy atom. The van der Waals surface area contributed by atoms with Crippen LogP contribution in [0.1, 0.15) is 48.6 Å². The summed E-state index contributed by atoms with van der Waals surface area (Å²) in [4.78, 5) is 6.92. The molecule has 1 aliphatic rings. The first-order chi connectivity index (χ1) is 7.66. The van der Waals surface area contributed by atoms with Gasteiger partial charge in [-0.25, -0.2) is 0 Å². The third-order valence-corrected chi connectivity index (χ3v) is 3.41. The smallest absolute Gasteiger partial charge is 0.0581 e. The van der Waals surface area contributed by atoms with Gasteiger partial charge in [-0.15, -0.1) is 0 Å². The van der Waals surface area contributed by atoms with E-state index in [2.05, 4.69) is 38.1 Å². The molecule has 0 bridgehead atoms. The quantitative estimate of drug-likeness (QED) is 0.775. The topological polar surface area (TPSA) is 16.1 Å². The van der Waals surface area contributed by atoms with Gasteiger partial charge in [0.05, 0.1) is 5.69 Å². The van der Waals surface area contributed by atoms with Gasteiger partial charge >= 0.3 is 0 Å². The fourth-order valence-corrected chi connectivity index (χ4v) is 2.66. The lowest BCUT2D eigenvalue weighted by atomic mass is 9.95. The molecule has 0 unspecified atom stereocenters. The summed E-state index contributed by atoms with van der Waals surface area (Å²) in [5, 5.41) is 0. The molecule has 0 N–H and O–H groups in total. The van der Waals surface area contributed by atoms with Crippen molar-refractivity contribution in [2.45, 2.75) is 45.1 Å². The van der Waals surface area contributed by atoms with Crippen LogP contribution in [-0.2, 0) is 6.54 Å². The molecule has 1 aliphatic carbocycles. The minimum absolute atomic E-state index is 0.767. The summed E-state index contributed by atoms with van der Waals surface area (Å²) in [5.41, 5.74) is 3.92. The van der Waals surface area contributed by atoms with Gasteiger partial charge in [0.1, 0.15) is 0 Å². The molecule has 0 radical (unpaired) electrons. The van der Waals surface area contributed by atoms with Crippen LogP contribution < -0.4 is 0 Å². The van der Waals surface area contributed by atoms with Gasteiger partial charge in [-0.05, 0) is 51.4 Å². The van der Waals surface area contributed by atoms with Gasteiger partial charge in [0, 0.05) is 12.2 Å². The molecule has 0 atom stereocenters. The van der Waals surface area contributed by atoms with Crippen molar-refractivity contribution >= 4 is 0 Å². The zero-order valence-electron chi connectivity index (χ0n) is 10.7. The van der Waals surface area contributed by atoms with E-state index in [1.807, 2.05) is 0 Å². The molecule has 1 fully saturated rings. The number of pyridine rings is 1. The SMILES string of the molecule is Cc1ccc(C2CCCC2)c(CN(C)C)n1. The highest BCUT2D eigenvalue weighted by Gasteiger charge is 2.20. The molecule has 0 spiro atoms. The number of aromatic nitrogens is 1. The normalized spacial score (nSPS) is 17.2. The Bertz CT molecular complexity index is 352. The molecule has 1 heterocycles. The minimum Gasteiger partial charge on any atom is -0.304 e. The second kappa shape index (κ2) is 4.96. The highest BCUT2D eigenvalue weighted by molar-refractivity contribution is 5.27. The van der Waals surface area contributed by atoms with Gasteiger partial charge in [-0.3, -0.25) is 4.98 Å². The molecule has 0 aromatic carbocycles. The zero-order chi connectivity index (χ0) is 11.5. The molecule has 1 aromatic heterocycles. The van der Waals surface area contributed by atoms with Crippen molar-refractivity contribution in [1.29, 1.82) is 0 Å². The first-order valence-electron chi connectivity index (χ1n) is 6.28. The van der Waals surface area contributed by atoms with Crippen molar-refractivity contribution in [3.05, 3.63) is 29.1 Å². The Morgan fingerprint density at radius 2 is 1.94 bits per heavy atom. The zero-order valence-corrected chi connectivity index (χ0v) is 10.7. The van der Waals surface area contributed by atoms with Crippen molar-refractivity contribution in [2.75, 3.05) is 14.1 Å². The molecule has 0 amide bonds. The first-order valence-corrected chi connectivity index (χ1v) is 6.28. The lowest BCUT2D eigenvalue weighted by Gasteiger charge is -2.17. The monoisotopic (exact) mass is 218 g/mol. The van der Waals surface area contributed by atoms with E-state index >= 15 is 0 Å². The van der Waals surface area contributed by atoms with E-state index in [9.17, 15) is 0 Å². The second-order valence-electron chi connectivity index (χ2n) is 5.21. The maximum absolute atomic E-state index is 4.72. The summed E-state index contributed by atoms with van der Waals surface area (Å²) in [5.74, 6) is 0.767. The Hall–Kier alpha value is -0.890. The van der Waals surface area contributed by atoms with Crippen LogP contribution in [0.4, 0.5) is 0 Å². The van der Waals surface area contributed by atoms with Gasteiger partial charge in [0.25, 0.3) is 0 Å². The van der Waals surface area contributed by atoms with Crippen molar-refractivity contribution in [2.24, 2.45) is 0 Å². The lowest BCUT2D eigenvalue weighted by molar-refractivity contribution is 0.393. The Morgan fingerprint density at radius 3 is 2.56 bits per heavy atom. The largest absolute Gasteiger partial charge is 0.304 e. The van der Waals surface area contributed by atoms with Crippen molar-refractivity contribution < 1.29 is 0 Å². The number of rotatable bonds is 3. The molecule has 0 aliphatic heterocycles. The van der Waals surface area contributed by atoms with Crippen LogP contribution in [0, 0.1) is 6.92 Å². The molecular weight excluding hydrogens is 196 g/mol. The predicted octanol–water partition coefficient (Wildman–Crippen LogP) is 3.11. The van der Waals surface area contributed by atoms with Crippen LogP contribution in [-0.4, -0.2) is 24.0 Å². The van der Waals surface area contributed by atoms with E-state index in [1.54, 1.807) is 0 Å². The summed E-state index contributed by atoms with van der Waals surface area (Å²) in [6.07, 6.45) is 5.48. The van der Waals surface area contributed by atoms with Crippen molar-refractivity contribution in [3.63, 3.8) is 0 Å². The molecule has 16 heavy (non-hydrogen) atoms. The highest BCUT2D eigenvalue weighted by atomic mass is 15.1. The molecule has 1 saturated carbocycles. The molecular formula is C14H22N2. The first kappa shape index (κ1) is 11.6. The molecule has 2 heteroatoms. The average molecular weight is 218 g/mol. The standard InChI is InChI=1S/C14H22N2/c1-11-8-9-13(12-6-4-5-7-12)14(15-11)10-16(2)3/h8-9,12H,4-7,10H2,1-3H3. The van der Waals surface area contributed by atoms with Crippen molar-refractivity contribution in [1.82, 2.24) is 9.88 Å². The number of aryl methyl sites for hydroxylation is 1. The minimum atomic E-state index is 0.767. The van der Waals surface area contributed by atoms with Crippen LogP contribution in [0.3, 0.4) is 0 Å². The second-order valence-corrected chi connectivity index (χ2v) is 5.21. The molecule has 0 saturated heterocycles. The molecule has 2 rings (SSSR count). The van der Waals surface area contributed by atoms with E-state index in [4.69, 9.17) is 4.98 Å². The molecule has 2 nitrogen and oxygen atoms in total. The van der Waals surface area contributed by atoms with Crippen LogP contribution in [0.25, 0.3) is 0 Å². The fourth-order valence-electron chi connectivity index (χ4n) is 2.66. The number of hydrogen-bond donors (Lipinski definition) is 0. The Labute approximate surface area is 98.7 Å². The summed E-state index contributed by atoms with van der Waals surface area (Å²) in [7, 11) is 4.23. The van der Waals surface area contributed by atoms with E-state index in [0.29, 0.717) is 0 Å². The Kier molecular flexibility index (Phi) is 3.59. The van der Waals surface area contributed by atoms with Gasteiger partial charge in [-0.1, -0.05) is 18.9 Å². The summed E-state index contributed by atoms with van der Waals surface area (Å²) in [6.45, 7) is 3.05. The van der Waals surface area contributed by atoms with E-state index < -0.39 is 0 Å². The predicted molar refractivity (Wildman–Crippen MR) is 67.6 cm³/mol. The fraction of sp³-hybridized carbons (Fsp3) is 0.643. The number of hydrogen-bond acceptors (Lipinski definition) is 2. The summed E-state index contributed by atoms with van der Waals surface area (Å²) in [6, 6.07) is 4.46. The van der Waals surface area contributed by atoms with Gasteiger partial charge in [0.2, 0.25) is 0 Å². The number of nitrogens with zero attached hydrogens (tertiary/aromatic N) is 2. The maximum Gasteiger partial charge on any atom is 0.0581 e. The van der Waals surface area contributed by atoms with Gasteiger partial charge < -0.3 is 4.90 Å². The molecule has 88 valence electrons. The van der Waals surface area contributed by atoms with E-state index in [1.165, 1.54) is 36.9 Å². The van der Waals surface area contributed by atoms with Gasteiger partial charge in [-0.2, -0.15) is 0 Å². The summed E-state index contributed by atoms with van der Waals surface area (Å²) < 4.78 is 0. The average Bonchev–Trinajstić information content (AvgIpc) is 2.69. The highest BCUT2D eigenvalue weighted by Crippen LogP contribution is 2.35. The van der Waals surface area contributed by atoms with E-state index in [0.717, 1.165) is 18.2 Å². The summed E-state index contributed by atoms with van der Waals surface area (Å²) >= 11 is 0. The van der Waals surface area contributed by atoms with Gasteiger partial charge in [0.15, 0.2) is 0 Å². The lowest BCUT2D eigenvalue weighted by Crippen LogP contribution is -2.15. The Balaban J connectivity index is 2.27. The third-order valence-electron chi connectivity index (χ3n) is 3.41. The van der Waals surface area contributed by atoms with Crippen LogP contribution in [0.2, 0.25) is 0 Å². The van der Waals surface area contributed by atoms with E-state index in [-0.39, 0.29) is 0 Å². The van der Waals surface area contributed by atoms with Crippen LogP contribution in [0.15, 0.2) is 12.1 Å². The third kappa shape index (κ3) is 2.62.